The maximum Gasteiger partial charge on any atom is 0.227 e. The van der Waals surface area contributed by atoms with E-state index in [1.165, 1.54) is 0 Å². The van der Waals surface area contributed by atoms with Crippen molar-refractivity contribution in [3.8, 4) is 0 Å². The number of amides is 1. The first-order valence-corrected chi connectivity index (χ1v) is 5.74. The van der Waals surface area contributed by atoms with E-state index in [0.29, 0.717) is 0 Å². The molecule has 0 bridgehead atoms. The van der Waals surface area contributed by atoms with Crippen LogP contribution < -0.4 is 11.1 Å². The van der Waals surface area contributed by atoms with Gasteiger partial charge in [-0.1, -0.05) is 6.92 Å². The van der Waals surface area contributed by atoms with Crippen LogP contribution in [0.25, 0.3) is 0 Å². The minimum atomic E-state index is -0.642. The summed E-state index contributed by atoms with van der Waals surface area (Å²) >= 11 is 0. The highest BCUT2D eigenvalue weighted by Crippen LogP contribution is 2.28. The third-order valence-corrected chi connectivity index (χ3v) is 3.68. The summed E-state index contributed by atoms with van der Waals surface area (Å²) in [5, 5.41) is 11.9. The summed E-state index contributed by atoms with van der Waals surface area (Å²) in [5.41, 5.74) is 4.76. The molecule has 4 N–H and O–H groups in total. The molecule has 4 heteroatoms. The van der Waals surface area contributed by atoms with E-state index in [4.69, 9.17) is 10.8 Å². The molecule has 0 aliphatic carbocycles. The molecule has 0 rings (SSSR count). The number of aliphatic hydroxyl groups excluding tert-OH is 1. The van der Waals surface area contributed by atoms with Gasteiger partial charge in [0.1, 0.15) is 0 Å². The molecule has 0 aromatic carbocycles. The fourth-order valence-corrected chi connectivity index (χ4v) is 0.980. The monoisotopic (exact) mass is 230 g/mol. The highest BCUT2D eigenvalue weighted by atomic mass is 16.3. The van der Waals surface area contributed by atoms with E-state index in [1.54, 1.807) is 0 Å². The first kappa shape index (κ1) is 15.4. The third kappa shape index (κ3) is 3.46. The van der Waals surface area contributed by atoms with Gasteiger partial charge in [0.2, 0.25) is 5.91 Å². The summed E-state index contributed by atoms with van der Waals surface area (Å²) in [6, 6.07) is -0.0564. The van der Waals surface area contributed by atoms with Crippen molar-refractivity contribution in [2.75, 3.05) is 6.61 Å². The second-order valence-corrected chi connectivity index (χ2v) is 5.77. The van der Waals surface area contributed by atoms with Crippen molar-refractivity contribution in [3.05, 3.63) is 0 Å². The summed E-state index contributed by atoms with van der Waals surface area (Å²) in [5.74, 6) is -0.0339. The Morgan fingerprint density at radius 3 is 2.06 bits per heavy atom. The fraction of sp³-hybridized carbons (Fsp3) is 0.917. The van der Waals surface area contributed by atoms with Crippen LogP contribution >= 0.6 is 0 Å². The summed E-state index contributed by atoms with van der Waals surface area (Å²) in [4.78, 5) is 12.1. The molecule has 0 fully saturated rings. The van der Waals surface area contributed by atoms with E-state index >= 15 is 0 Å². The maximum atomic E-state index is 12.1. The Bertz CT molecular complexity index is 244. The van der Waals surface area contributed by atoms with Gasteiger partial charge in [-0.3, -0.25) is 4.79 Å². The van der Waals surface area contributed by atoms with E-state index < -0.39 is 11.0 Å². The van der Waals surface area contributed by atoms with Gasteiger partial charge in [0.25, 0.3) is 0 Å². The topological polar surface area (TPSA) is 75.3 Å². The van der Waals surface area contributed by atoms with Gasteiger partial charge in [0.05, 0.1) is 5.41 Å². The summed E-state index contributed by atoms with van der Waals surface area (Å²) in [6.07, 6.45) is 0. The lowest BCUT2D eigenvalue weighted by molar-refractivity contribution is -0.133. The molecule has 0 aliphatic rings. The molecule has 0 aromatic rings. The van der Waals surface area contributed by atoms with Crippen molar-refractivity contribution < 1.29 is 9.90 Å². The Kier molecular flexibility index (Phi) is 4.95. The standard InChI is InChI=1S/C12H26N2O2/c1-8(7-15)9(2)14-10(16)11(3,4)12(5,6)13/h8-9,15H,7,13H2,1-6H3,(H,14,16). The average molecular weight is 230 g/mol. The molecule has 0 aromatic heterocycles. The van der Waals surface area contributed by atoms with Crippen LogP contribution in [0.3, 0.4) is 0 Å². The van der Waals surface area contributed by atoms with Gasteiger partial charge >= 0.3 is 0 Å². The molecule has 96 valence electrons. The molecular formula is C12H26N2O2. The second-order valence-electron chi connectivity index (χ2n) is 5.77. The highest BCUT2D eigenvalue weighted by Gasteiger charge is 2.40. The molecule has 16 heavy (non-hydrogen) atoms. The smallest absolute Gasteiger partial charge is 0.227 e. The van der Waals surface area contributed by atoms with Gasteiger partial charge in [-0.2, -0.15) is 0 Å². The van der Waals surface area contributed by atoms with E-state index in [9.17, 15) is 4.79 Å². The largest absolute Gasteiger partial charge is 0.396 e. The van der Waals surface area contributed by atoms with Crippen molar-refractivity contribution in [1.82, 2.24) is 5.32 Å². The van der Waals surface area contributed by atoms with Crippen molar-refractivity contribution >= 4 is 5.91 Å². The van der Waals surface area contributed by atoms with Crippen LogP contribution in [0.15, 0.2) is 0 Å². The lowest BCUT2D eigenvalue weighted by atomic mass is 9.74. The van der Waals surface area contributed by atoms with E-state index in [0.717, 1.165) is 0 Å². The minimum Gasteiger partial charge on any atom is -0.396 e. The SMILES string of the molecule is CC(CO)C(C)NC(=O)C(C)(C)C(C)(C)N. The number of carbonyl (C=O) groups excluding carboxylic acids is 1. The number of rotatable bonds is 5. The number of nitrogens with two attached hydrogens (primary N) is 1. The molecule has 0 aliphatic heterocycles. The summed E-state index contributed by atoms with van der Waals surface area (Å²) in [7, 11) is 0. The zero-order valence-corrected chi connectivity index (χ0v) is 11.3. The van der Waals surface area contributed by atoms with Crippen LogP contribution in [-0.4, -0.2) is 29.2 Å². The molecule has 0 saturated carbocycles. The average Bonchev–Trinajstić information content (AvgIpc) is 2.14. The van der Waals surface area contributed by atoms with Gasteiger partial charge in [-0.05, 0) is 40.5 Å². The molecular weight excluding hydrogens is 204 g/mol. The predicted octanol–water partition coefficient (Wildman–Crippen LogP) is 0.883. The third-order valence-electron chi connectivity index (χ3n) is 3.68. The Morgan fingerprint density at radius 2 is 1.75 bits per heavy atom. The molecule has 0 radical (unpaired) electrons. The maximum absolute atomic E-state index is 12.1. The molecule has 0 heterocycles. The molecule has 2 atom stereocenters. The molecule has 2 unspecified atom stereocenters. The minimum absolute atomic E-state index is 0.0423. The number of aliphatic hydroxyl groups is 1. The Morgan fingerprint density at radius 1 is 1.31 bits per heavy atom. The Hall–Kier alpha value is -0.610. The van der Waals surface area contributed by atoms with Gasteiger partial charge in [-0.25, -0.2) is 0 Å². The summed E-state index contributed by atoms with van der Waals surface area (Å²) < 4.78 is 0. The van der Waals surface area contributed by atoms with Gasteiger partial charge in [0.15, 0.2) is 0 Å². The van der Waals surface area contributed by atoms with E-state index in [1.807, 2.05) is 41.5 Å². The number of hydrogen-bond donors (Lipinski definition) is 3. The number of hydrogen-bond acceptors (Lipinski definition) is 3. The zero-order chi connectivity index (χ0) is 13.1. The van der Waals surface area contributed by atoms with E-state index in [2.05, 4.69) is 5.32 Å². The normalized spacial score (nSPS) is 16.8. The first-order chi connectivity index (χ1) is 7.04. The van der Waals surface area contributed by atoms with Crippen LogP contribution in [0.2, 0.25) is 0 Å². The second kappa shape index (κ2) is 5.15. The highest BCUT2D eigenvalue weighted by molar-refractivity contribution is 5.83. The van der Waals surface area contributed by atoms with Crippen LogP contribution in [0, 0.1) is 11.3 Å². The Labute approximate surface area is 98.6 Å². The van der Waals surface area contributed by atoms with Gasteiger partial charge in [-0.15, -0.1) is 0 Å². The van der Waals surface area contributed by atoms with Crippen molar-refractivity contribution in [3.63, 3.8) is 0 Å². The van der Waals surface area contributed by atoms with Crippen molar-refractivity contribution in [2.45, 2.75) is 53.1 Å². The predicted molar refractivity (Wildman–Crippen MR) is 65.9 cm³/mol. The number of carbonyl (C=O) groups is 1. The quantitative estimate of drug-likeness (QED) is 0.656. The van der Waals surface area contributed by atoms with Crippen LogP contribution in [-0.2, 0) is 4.79 Å². The number of nitrogens with one attached hydrogen (secondary N) is 1. The lowest BCUT2D eigenvalue weighted by Gasteiger charge is -2.38. The molecule has 1 amide bonds. The van der Waals surface area contributed by atoms with Gasteiger partial charge in [0, 0.05) is 18.2 Å². The van der Waals surface area contributed by atoms with Crippen LogP contribution in [0.5, 0.6) is 0 Å². The van der Waals surface area contributed by atoms with Crippen LogP contribution in [0.4, 0.5) is 0 Å². The van der Waals surface area contributed by atoms with Crippen LogP contribution in [0.1, 0.15) is 41.5 Å². The lowest BCUT2D eigenvalue weighted by Crippen LogP contribution is -2.57. The first-order valence-electron chi connectivity index (χ1n) is 5.74. The molecule has 0 saturated heterocycles. The fourth-order valence-electron chi connectivity index (χ4n) is 0.980. The van der Waals surface area contributed by atoms with E-state index in [-0.39, 0.29) is 24.5 Å². The summed E-state index contributed by atoms with van der Waals surface area (Å²) in [6.45, 7) is 11.2. The zero-order valence-electron chi connectivity index (χ0n) is 11.3. The molecule has 0 spiro atoms. The van der Waals surface area contributed by atoms with Crippen molar-refractivity contribution in [1.29, 1.82) is 0 Å². The van der Waals surface area contributed by atoms with Gasteiger partial charge < -0.3 is 16.2 Å². The Balaban J connectivity index is 4.59. The molecule has 4 nitrogen and oxygen atoms in total. The van der Waals surface area contributed by atoms with Crippen molar-refractivity contribution in [2.24, 2.45) is 17.1 Å².